The van der Waals surface area contributed by atoms with Crippen LogP contribution in [0, 0.1) is 20.8 Å². The molecule has 0 radical (unpaired) electrons. The zero-order chi connectivity index (χ0) is 11.4. The zero-order valence-electron chi connectivity index (χ0n) is 9.89. The molecule has 0 saturated heterocycles. The second-order valence-electron chi connectivity index (χ2n) is 3.85. The molecule has 0 heterocycles. The van der Waals surface area contributed by atoms with Gasteiger partial charge in [0.15, 0.2) is 0 Å². The Morgan fingerprint density at radius 1 is 1.27 bits per heavy atom. The Morgan fingerprint density at radius 2 is 1.80 bits per heavy atom. The van der Waals surface area contributed by atoms with Crippen molar-refractivity contribution in [3.8, 4) is 0 Å². The second kappa shape index (κ2) is 4.78. The Labute approximate surface area is 91.7 Å². The van der Waals surface area contributed by atoms with Crippen molar-refractivity contribution in [1.29, 1.82) is 0 Å². The Bertz CT molecular complexity index is 380. The molecule has 0 amide bonds. The van der Waals surface area contributed by atoms with Crippen molar-refractivity contribution in [3.63, 3.8) is 0 Å². The van der Waals surface area contributed by atoms with Gasteiger partial charge in [0.05, 0.1) is 0 Å². The predicted molar refractivity (Wildman–Crippen MR) is 67.0 cm³/mol. The Balaban J connectivity index is 3.11. The van der Waals surface area contributed by atoms with Gasteiger partial charge in [-0.3, -0.25) is 5.43 Å². The number of nitrogens with zero attached hydrogens (tertiary/aromatic N) is 1. The normalized spacial score (nSPS) is 11.3. The lowest BCUT2D eigenvalue weighted by molar-refractivity contribution is 0.982. The maximum absolute atomic E-state index is 3.59. The molecule has 0 aliphatic rings. The van der Waals surface area contributed by atoms with Crippen LogP contribution >= 0.6 is 0 Å². The van der Waals surface area contributed by atoms with Crippen molar-refractivity contribution in [2.75, 3.05) is 0 Å². The third kappa shape index (κ3) is 2.69. The molecule has 0 aromatic heterocycles. The molecule has 0 spiro atoms. The maximum Gasteiger partial charge on any atom is 0.0234 e. The average molecular weight is 202 g/mol. The van der Waals surface area contributed by atoms with Crippen LogP contribution in [-0.4, -0.2) is 6.72 Å². The molecule has 2 nitrogen and oxygen atoms in total. The van der Waals surface area contributed by atoms with Gasteiger partial charge in [-0.15, -0.1) is 0 Å². The van der Waals surface area contributed by atoms with Crippen LogP contribution in [0.1, 0.15) is 29.2 Å². The van der Waals surface area contributed by atoms with Gasteiger partial charge in [0, 0.05) is 12.9 Å². The summed E-state index contributed by atoms with van der Waals surface area (Å²) in [6.45, 7) is 11.9. The number of hydrogen-bond donors (Lipinski definition) is 1. The highest BCUT2D eigenvalue weighted by Crippen LogP contribution is 2.20. The second-order valence-corrected chi connectivity index (χ2v) is 3.85. The average Bonchev–Trinajstić information content (AvgIpc) is 2.21. The summed E-state index contributed by atoms with van der Waals surface area (Å²) in [4.78, 5) is 0. The highest BCUT2D eigenvalue weighted by Gasteiger charge is 2.02. The lowest BCUT2D eigenvalue weighted by atomic mass is 9.97. The molecule has 1 aromatic carbocycles. The van der Waals surface area contributed by atoms with E-state index in [1.807, 2.05) is 6.20 Å². The topological polar surface area (TPSA) is 24.4 Å². The smallest absolute Gasteiger partial charge is 0.0234 e. The van der Waals surface area contributed by atoms with Gasteiger partial charge in [-0.05, 0) is 55.5 Å². The summed E-state index contributed by atoms with van der Waals surface area (Å²) in [6, 6.07) is 4.39. The summed E-state index contributed by atoms with van der Waals surface area (Å²) < 4.78 is 0. The summed E-state index contributed by atoms with van der Waals surface area (Å²) in [5.41, 5.74) is 9.15. The first-order valence-electron chi connectivity index (χ1n) is 5.02. The minimum atomic E-state index is 1.16. The Kier molecular flexibility index (Phi) is 3.67. The van der Waals surface area contributed by atoms with Crippen LogP contribution in [0.15, 0.2) is 23.4 Å². The fourth-order valence-corrected chi connectivity index (χ4v) is 1.49. The van der Waals surface area contributed by atoms with Crippen LogP contribution in [0.4, 0.5) is 0 Å². The molecular weight excluding hydrogens is 184 g/mol. The van der Waals surface area contributed by atoms with Gasteiger partial charge in [0.1, 0.15) is 0 Å². The molecule has 80 valence electrons. The van der Waals surface area contributed by atoms with Gasteiger partial charge >= 0.3 is 0 Å². The summed E-state index contributed by atoms with van der Waals surface area (Å²) in [5.74, 6) is 0. The largest absolute Gasteiger partial charge is 0.286 e. The van der Waals surface area contributed by atoms with Crippen LogP contribution in [0.5, 0.6) is 0 Å². The van der Waals surface area contributed by atoms with Crippen LogP contribution in [0.2, 0.25) is 0 Å². The van der Waals surface area contributed by atoms with Crippen LogP contribution in [0.25, 0.3) is 5.57 Å². The number of aryl methyl sites for hydroxylation is 2. The zero-order valence-corrected chi connectivity index (χ0v) is 9.89. The van der Waals surface area contributed by atoms with E-state index < -0.39 is 0 Å². The number of nitrogens with one attached hydrogen (secondary N) is 1. The van der Waals surface area contributed by atoms with Gasteiger partial charge in [0.25, 0.3) is 0 Å². The van der Waals surface area contributed by atoms with Crippen molar-refractivity contribution in [1.82, 2.24) is 5.43 Å². The first-order chi connectivity index (χ1) is 7.06. The van der Waals surface area contributed by atoms with Gasteiger partial charge in [-0.1, -0.05) is 12.1 Å². The molecule has 1 aromatic rings. The summed E-state index contributed by atoms with van der Waals surface area (Å²) in [7, 11) is 0. The molecule has 0 unspecified atom stereocenters. The molecule has 2 heteroatoms. The van der Waals surface area contributed by atoms with E-state index in [0.29, 0.717) is 0 Å². The van der Waals surface area contributed by atoms with Gasteiger partial charge in [-0.2, -0.15) is 5.10 Å². The van der Waals surface area contributed by atoms with E-state index in [-0.39, 0.29) is 0 Å². The fourth-order valence-electron chi connectivity index (χ4n) is 1.49. The van der Waals surface area contributed by atoms with E-state index in [0.717, 1.165) is 5.57 Å². The summed E-state index contributed by atoms with van der Waals surface area (Å²) in [6.07, 6.45) is 1.86. The number of allylic oxidation sites excluding steroid dienone is 1. The number of hydrazone groups is 1. The van der Waals surface area contributed by atoms with Gasteiger partial charge in [0.2, 0.25) is 0 Å². The minimum absolute atomic E-state index is 1.16. The van der Waals surface area contributed by atoms with E-state index in [1.54, 1.807) is 0 Å². The molecule has 0 atom stereocenters. The highest BCUT2D eigenvalue weighted by molar-refractivity contribution is 5.65. The minimum Gasteiger partial charge on any atom is -0.286 e. The highest BCUT2D eigenvalue weighted by atomic mass is 15.3. The standard InChI is InChI=1S/C13H18N2/c1-9-6-13(7-10(2)12(9)4)11(3)8-15-14-5/h6-8,15H,5H2,1-4H3/b11-8+. The number of rotatable bonds is 3. The monoisotopic (exact) mass is 202 g/mol. The Hall–Kier alpha value is -1.57. The molecule has 1 N–H and O–H groups in total. The van der Waals surface area contributed by atoms with Crippen molar-refractivity contribution < 1.29 is 0 Å². The lowest BCUT2D eigenvalue weighted by Gasteiger charge is -2.09. The van der Waals surface area contributed by atoms with E-state index in [9.17, 15) is 0 Å². The van der Waals surface area contributed by atoms with Crippen LogP contribution < -0.4 is 5.43 Å². The maximum atomic E-state index is 3.59. The van der Waals surface area contributed by atoms with E-state index in [2.05, 4.69) is 57.1 Å². The van der Waals surface area contributed by atoms with Crippen molar-refractivity contribution in [3.05, 3.63) is 40.6 Å². The van der Waals surface area contributed by atoms with E-state index in [1.165, 1.54) is 22.3 Å². The third-order valence-electron chi connectivity index (χ3n) is 2.75. The van der Waals surface area contributed by atoms with Crippen molar-refractivity contribution >= 4 is 12.3 Å². The molecule has 0 fully saturated rings. The third-order valence-corrected chi connectivity index (χ3v) is 2.75. The lowest BCUT2D eigenvalue weighted by Crippen LogP contribution is -1.95. The van der Waals surface area contributed by atoms with Gasteiger partial charge in [-0.25, -0.2) is 0 Å². The van der Waals surface area contributed by atoms with Crippen molar-refractivity contribution in [2.45, 2.75) is 27.7 Å². The molecule has 0 bridgehead atoms. The summed E-state index contributed by atoms with van der Waals surface area (Å²) in [5, 5.41) is 3.59. The first-order valence-corrected chi connectivity index (χ1v) is 5.02. The Morgan fingerprint density at radius 3 is 2.27 bits per heavy atom. The molecule has 15 heavy (non-hydrogen) atoms. The molecule has 1 rings (SSSR count). The van der Waals surface area contributed by atoms with E-state index in [4.69, 9.17) is 0 Å². The number of benzene rings is 1. The first kappa shape index (κ1) is 11.5. The van der Waals surface area contributed by atoms with Gasteiger partial charge < -0.3 is 0 Å². The number of hydrogen-bond acceptors (Lipinski definition) is 2. The molecule has 0 aliphatic heterocycles. The molecular formula is C13H18N2. The quantitative estimate of drug-likeness (QED) is 0.591. The molecule has 0 saturated carbocycles. The predicted octanol–water partition coefficient (Wildman–Crippen LogP) is 3.18. The SMILES string of the molecule is C=NN/C=C(\C)c1cc(C)c(C)c(C)c1. The van der Waals surface area contributed by atoms with Crippen LogP contribution in [-0.2, 0) is 0 Å². The van der Waals surface area contributed by atoms with Crippen molar-refractivity contribution in [2.24, 2.45) is 5.10 Å². The van der Waals surface area contributed by atoms with Crippen LogP contribution in [0.3, 0.4) is 0 Å². The van der Waals surface area contributed by atoms with E-state index >= 15 is 0 Å². The summed E-state index contributed by atoms with van der Waals surface area (Å²) >= 11 is 0. The molecule has 0 aliphatic carbocycles. The fraction of sp³-hybridized carbons (Fsp3) is 0.308.